The highest BCUT2D eigenvalue weighted by Crippen LogP contribution is 2.64. The Labute approximate surface area is 280 Å². The van der Waals surface area contributed by atoms with Gasteiger partial charge in [0.1, 0.15) is 11.5 Å². The van der Waals surface area contributed by atoms with Crippen molar-refractivity contribution in [3.05, 3.63) is 93.1 Å². The van der Waals surface area contributed by atoms with Crippen molar-refractivity contribution in [2.24, 2.45) is 23.7 Å². The zero-order valence-electron chi connectivity index (χ0n) is 24.8. The molecule has 248 valence electrons. The topological polar surface area (TPSA) is 138 Å². The largest absolute Gasteiger partial charge is 0.508 e. The minimum absolute atomic E-state index is 0.0471. The number of pyridine rings is 1. The van der Waals surface area contributed by atoms with Crippen LogP contribution in [-0.2, 0) is 30.8 Å². The van der Waals surface area contributed by atoms with Crippen molar-refractivity contribution in [2.45, 2.75) is 30.4 Å². The Balaban J connectivity index is 1.46. The summed E-state index contributed by atoms with van der Waals surface area (Å²) in [7, 11) is 1.42. The number of aromatic nitrogens is 1. The molecule has 3 fully saturated rings. The zero-order chi connectivity index (χ0) is 34.3. The molecule has 1 saturated carbocycles. The molecule has 4 aliphatic rings. The van der Waals surface area contributed by atoms with Gasteiger partial charge in [-0.05, 0) is 60.7 Å². The maximum absolute atomic E-state index is 15.1. The predicted octanol–water partition coefficient (Wildman–Crippen LogP) is 5.39. The molecule has 2 aliphatic carbocycles. The van der Waals surface area contributed by atoms with Gasteiger partial charge in [0.25, 0.3) is 11.8 Å². The van der Waals surface area contributed by atoms with Crippen LogP contribution in [0.25, 0.3) is 0 Å². The molecule has 3 N–H and O–H groups in total. The molecule has 10 nitrogen and oxygen atoms in total. The van der Waals surface area contributed by atoms with E-state index in [9.17, 15) is 32.7 Å². The number of aromatic hydroxyl groups is 1. The number of rotatable bonds is 5. The second kappa shape index (κ2) is 11.2. The lowest BCUT2D eigenvalue weighted by Crippen LogP contribution is -2.53. The van der Waals surface area contributed by atoms with Crippen LogP contribution in [0.3, 0.4) is 0 Å². The fraction of sp³-hybridized carbons (Fsp3) is 0.303. The number of ether oxygens (including phenoxy) is 1. The van der Waals surface area contributed by atoms with Crippen LogP contribution in [0.15, 0.2) is 66.4 Å². The number of hydrazine groups is 1. The molecule has 15 heteroatoms. The van der Waals surface area contributed by atoms with Gasteiger partial charge in [0, 0.05) is 22.7 Å². The summed E-state index contributed by atoms with van der Waals surface area (Å²) in [5.41, 5.74) is 0.792. The van der Waals surface area contributed by atoms with Crippen LogP contribution in [0.2, 0.25) is 10.0 Å². The molecule has 7 rings (SSSR count). The van der Waals surface area contributed by atoms with Gasteiger partial charge in [-0.1, -0.05) is 47.0 Å². The molecule has 0 bridgehead atoms. The Kier molecular flexibility index (Phi) is 7.48. The molecule has 1 aromatic heterocycles. The lowest BCUT2D eigenvalue weighted by molar-refractivity contribution is -0.139. The highest BCUT2D eigenvalue weighted by atomic mass is 35.5. The van der Waals surface area contributed by atoms with Crippen LogP contribution in [0.1, 0.15) is 35.4 Å². The molecule has 2 aliphatic heterocycles. The maximum atomic E-state index is 15.1. The first-order chi connectivity index (χ1) is 22.8. The van der Waals surface area contributed by atoms with Gasteiger partial charge in [0.05, 0.1) is 40.9 Å². The van der Waals surface area contributed by atoms with Crippen LogP contribution in [0.4, 0.5) is 19.0 Å². The van der Waals surface area contributed by atoms with E-state index in [1.165, 1.54) is 19.2 Å². The Hall–Kier alpha value is -4.62. The molecular formula is C33H25Cl2F3N4O6. The Morgan fingerprint density at radius 2 is 1.77 bits per heavy atom. The molecular weight excluding hydrogens is 676 g/mol. The smallest absolute Gasteiger partial charge is 0.417 e. The third-order valence-corrected chi connectivity index (χ3v) is 10.5. The Morgan fingerprint density at radius 3 is 2.44 bits per heavy atom. The van der Waals surface area contributed by atoms with E-state index in [-0.39, 0.29) is 30.0 Å². The van der Waals surface area contributed by atoms with E-state index in [0.717, 1.165) is 0 Å². The van der Waals surface area contributed by atoms with Crippen LogP contribution in [0.5, 0.6) is 11.5 Å². The van der Waals surface area contributed by atoms with Gasteiger partial charge >= 0.3 is 6.18 Å². The number of carbonyl (C=O) groups is 4. The number of nitrogens with zero attached hydrogens (tertiary/aromatic N) is 2. The summed E-state index contributed by atoms with van der Waals surface area (Å²) in [6, 6.07) is 11.4. The number of hydrogen-bond donors (Lipinski definition) is 3. The average molecular weight is 701 g/mol. The van der Waals surface area contributed by atoms with E-state index >= 15 is 4.79 Å². The predicted molar refractivity (Wildman–Crippen MR) is 165 cm³/mol. The van der Waals surface area contributed by atoms with E-state index in [0.29, 0.717) is 39.2 Å². The van der Waals surface area contributed by atoms with Crippen molar-refractivity contribution in [1.29, 1.82) is 0 Å². The molecule has 0 radical (unpaired) electrons. The van der Waals surface area contributed by atoms with E-state index in [1.807, 2.05) is 0 Å². The third-order valence-electron chi connectivity index (χ3n) is 9.95. The van der Waals surface area contributed by atoms with Gasteiger partial charge in [-0.25, -0.2) is 4.98 Å². The first kappa shape index (κ1) is 32.0. The van der Waals surface area contributed by atoms with Gasteiger partial charge < -0.3 is 9.84 Å². The van der Waals surface area contributed by atoms with E-state index < -0.39 is 75.4 Å². The number of benzene rings is 2. The number of phenols is 1. The highest BCUT2D eigenvalue weighted by Gasteiger charge is 2.70. The van der Waals surface area contributed by atoms with Gasteiger partial charge in [0.2, 0.25) is 11.8 Å². The summed E-state index contributed by atoms with van der Waals surface area (Å²) < 4.78 is 45.5. The molecule has 0 spiro atoms. The SMILES string of the molecule is COc1ccc(O)c([C@H]2C3=CC[C@@H]4C(=O)NC(=O)[C@@H]4[C@@H]3C[C@H]3C(=O)N(Nc4ncc(C(F)(F)F)cc4Cl)C(=O)[C@@]23c2ccc(Cl)cc2)c1. The normalized spacial score (nSPS) is 28.0. The maximum Gasteiger partial charge on any atom is 0.417 e. The lowest BCUT2D eigenvalue weighted by Gasteiger charge is -2.50. The highest BCUT2D eigenvalue weighted by molar-refractivity contribution is 6.33. The minimum Gasteiger partial charge on any atom is -0.508 e. The van der Waals surface area contributed by atoms with Gasteiger partial charge in [0.15, 0.2) is 5.82 Å². The number of phenolic OH excluding ortho intramolecular Hbond substituents is 1. The molecule has 6 atom stereocenters. The van der Waals surface area contributed by atoms with Crippen molar-refractivity contribution in [1.82, 2.24) is 15.3 Å². The van der Waals surface area contributed by atoms with Crippen molar-refractivity contribution < 1.29 is 42.2 Å². The average Bonchev–Trinajstić information content (AvgIpc) is 3.46. The number of methoxy groups -OCH3 is 1. The van der Waals surface area contributed by atoms with Crippen LogP contribution in [-0.4, -0.2) is 45.8 Å². The quantitative estimate of drug-likeness (QED) is 0.238. The third kappa shape index (κ3) is 4.66. The fourth-order valence-electron chi connectivity index (χ4n) is 7.93. The number of allylic oxidation sites excluding steroid dienone is 2. The first-order valence-corrected chi connectivity index (χ1v) is 15.6. The number of fused-ring (bicyclic) bond motifs is 4. The van der Waals surface area contributed by atoms with E-state index in [1.54, 1.807) is 36.4 Å². The first-order valence-electron chi connectivity index (χ1n) is 14.8. The molecule has 2 saturated heterocycles. The number of carbonyl (C=O) groups excluding carboxylic acids is 4. The van der Waals surface area contributed by atoms with Crippen molar-refractivity contribution in [3.63, 3.8) is 0 Å². The number of nitrogens with one attached hydrogen (secondary N) is 2. The van der Waals surface area contributed by atoms with E-state index in [4.69, 9.17) is 27.9 Å². The number of alkyl halides is 3. The van der Waals surface area contributed by atoms with Gasteiger partial charge in [-0.3, -0.25) is 29.9 Å². The number of hydrogen-bond acceptors (Lipinski definition) is 8. The molecule has 0 unspecified atom stereocenters. The monoisotopic (exact) mass is 700 g/mol. The molecule has 4 amide bonds. The summed E-state index contributed by atoms with van der Waals surface area (Å²) in [4.78, 5) is 59.3. The summed E-state index contributed by atoms with van der Waals surface area (Å²) in [5.74, 6) is -7.28. The standard InChI is InChI=1S/C33H25Cl2F3N4O6/c1-48-17-6-9-24(43)21(11-17)26-18-7-8-19-25(29(45)40-28(19)44)20(18)12-22-30(46)42(31(47)32(22,26)14-2-4-16(34)5-3-14)41-27-23(35)10-15(13-39-27)33(36,37)38/h2-7,9-11,13,19-20,22,25-26,43H,8,12H2,1H3,(H,39,41)(H,40,44,45)/t19-,20+,22-,25-,26+,32+/m0/s1. The molecule has 3 aromatic rings. The molecule has 2 aromatic carbocycles. The number of anilines is 1. The number of amides is 4. The second-order valence-electron chi connectivity index (χ2n) is 12.2. The van der Waals surface area contributed by atoms with Crippen molar-refractivity contribution in [3.8, 4) is 11.5 Å². The second-order valence-corrected chi connectivity index (χ2v) is 13.0. The number of imide groups is 2. The summed E-state index contributed by atoms with van der Waals surface area (Å²) in [6.07, 6.45) is -2.30. The summed E-state index contributed by atoms with van der Waals surface area (Å²) >= 11 is 12.4. The zero-order valence-corrected chi connectivity index (χ0v) is 26.4. The Morgan fingerprint density at radius 1 is 1.04 bits per heavy atom. The van der Waals surface area contributed by atoms with Crippen LogP contribution >= 0.6 is 23.2 Å². The lowest BCUT2D eigenvalue weighted by atomic mass is 9.49. The van der Waals surface area contributed by atoms with Gasteiger partial charge in [-0.2, -0.15) is 18.2 Å². The molecule has 48 heavy (non-hydrogen) atoms. The van der Waals surface area contributed by atoms with Crippen molar-refractivity contribution >= 4 is 52.6 Å². The molecule has 3 heterocycles. The fourth-order valence-corrected chi connectivity index (χ4v) is 8.26. The summed E-state index contributed by atoms with van der Waals surface area (Å²) in [6.45, 7) is 0. The number of halogens is 5. The minimum atomic E-state index is -4.75. The Bertz CT molecular complexity index is 1940. The van der Waals surface area contributed by atoms with Gasteiger partial charge in [-0.15, -0.1) is 0 Å². The van der Waals surface area contributed by atoms with E-state index in [2.05, 4.69) is 15.7 Å². The summed E-state index contributed by atoms with van der Waals surface area (Å²) in [5, 5.41) is 14.3. The van der Waals surface area contributed by atoms with Crippen LogP contribution in [0, 0.1) is 23.7 Å². The van der Waals surface area contributed by atoms with Crippen LogP contribution < -0.4 is 15.5 Å². The van der Waals surface area contributed by atoms with Crippen molar-refractivity contribution in [2.75, 3.05) is 12.5 Å².